The Bertz CT molecular complexity index is 654. The normalized spacial score (nSPS) is 17.1. The van der Waals surface area contributed by atoms with Gasteiger partial charge in [0.1, 0.15) is 0 Å². The minimum absolute atomic E-state index is 0.101. The number of hydrogen-bond donors (Lipinski definition) is 1. The first kappa shape index (κ1) is 17.6. The van der Waals surface area contributed by atoms with Crippen molar-refractivity contribution in [3.63, 3.8) is 0 Å². The van der Waals surface area contributed by atoms with Crippen molar-refractivity contribution in [2.45, 2.75) is 25.4 Å². The minimum Gasteiger partial charge on any atom is -0.378 e. The van der Waals surface area contributed by atoms with Crippen molar-refractivity contribution >= 4 is 5.91 Å². The molecule has 0 aliphatic carbocycles. The fraction of sp³-hybridized carbons (Fsp3) is 0.381. The molecule has 1 fully saturated rings. The summed E-state index contributed by atoms with van der Waals surface area (Å²) in [4.78, 5) is 14.6. The highest BCUT2D eigenvalue weighted by molar-refractivity contribution is 5.81. The van der Waals surface area contributed by atoms with E-state index < -0.39 is 0 Å². The van der Waals surface area contributed by atoms with Gasteiger partial charge < -0.3 is 9.64 Å². The summed E-state index contributed by atoms with van der Waals surface area (Å²) in [5.41, 5.74) is 2.46. The predicted molar refractivity (Wildman–Crippen MR) is 99.3 cm³/mol. The van der Waals surface area contributed by atoms with Gasteiger partial charge in [0.25, 0.3) is 0 Å². The van der Waals surface area contributed by atoms with E-state index in [-0.39, 0.29) is 18.0 Å². The Hall–Kier alpha value is -2.17. The lowest BCUT2D eigenvalue weighted by molar-refractivity contribution is -0.137. The second-order valence-corrected chi connectivity index (χ2v) is 6.48. The van der Waals surface area contributed by atoms with Gasteiger partial charge in [0.05, 0.1) is 19.3 Å². The molecule has 0 spiro atoms. The number of nitrogens with zero attached hydrogens (tertiary/aromatic N) is 1. The lowest BCUT2D eigenvalue weighted by Crippen LogP contribution is -2.50. The van der Waals surface area contributed by atoms with Gasteiger partial charge in [-0.2, -0.15) is 0 Å². The highest BCUT2D eigenvalue weighted by Crippen LogP contribution is 2.19. The van der Waals surface area contributed by atoms with Crippen LogP contribution in [0.4, 0.5) is 0 Å². The van der Waals surface area contributed by atoms with Crippen LogP contribution in [0.5, 0.6) is 0 Å². The van der Waals surface area contributed by atoms with Crippen molar-refractivity contribution < 1.29 is 9.53 Å². The first-order chi connectivity index (χ1) is 12.2. The molecule has 1 N–H and O–H groups in total. The van der Waals surface area contributed by atoms with Crippen LogP contribution in [0.1, 0.15) is 24.1 Å². The quantitative estimate of drug-likeness (QED) is 0.881. The third kappa shape index (κ3) is 4.91. The minimum atomic E-state index is -0.230. The van der Waals surface area contributed by atoms with Crippen molar-refractivity contribution in [3.05, 3.63) is 71.8 Å². The van der Waals surface area contributed by atoms with Crippen LogP contribution in [-0.4, -0.2) is 43.2 Å². The zero-order chi connectivity index (χ0) is 17.5. The van der Waals surface area contributed by atoms with Crippen LogP contribution in [0.3, 0.4) is 0 Å². The Morgan fingerprint density at radius 2 is 1.64 bits per heavy atom. The highest BCUT2D eigenvalue weighted by Gasteiger charge is 2.25. The molecule has 2 aromatic carbocycles. The molecule has 0 saturated carbocycles. The summed E-state index contributed by atoms with van der Waals surface area (Å²) in [5.74, 6) is 0.150. The first-order valence-corrected chi connectivity index (χ1v) is 8.95. The number of rotatable bonds is 6. The Morgan fingerprint density at radius 3 is 2.28 bits per heavy atom. The van der Waals surface area contributed by atoms with Gasteiger partial charge in [-0.15, -0.1) is 0 Å². The third-order valence-corrected chi connectivity index (χ3v) is 4.63. The standard InChI is InChI=1S/C21H26N2O2/c1-17(21(24)23-12-14-25-15-13-23)22-20(19-10-6-3-7-11-19)16-18-8-4-2-5-9-18/h2-11,17,20,22H,12-16H2,1H3/t17-,20+/m0/s1. The molecule has 25 heavy (non-hydrogen) atoms. The molecule has 0 bridgehead atoms. The van der Waals surface area contributed by atoms with Gasteiger partial charge >= 0.3 is 0 Å². The average Bonchev–Trinajstić information content (AvgIpc) is 2.69. The summed E-state index contributed by atoms with van der Waals surface area (Å²) in [6.45, 7) is 4.58. The van der Waals surface area contributed by atoms with Gasteiger partial charge in [-0.05, 0) is 24.5 Å². The average molecular weight is 338 g/mol. The van der Waals surface area contributed by atoms with Gasteiger partial charge in [-0.3, -0.25) is 10.1 Å². The Labute approximate surface area is 149 Å². The van der Waals surface area contributed by atoms with Crippen LogP contribution in [-0.2, 0) is 16.0 Å². The van der Waals surface area contributed by atoms with Gasteiger partial charge in [0.15, 0.2) is 0 Å². The van der Waals surface area contributed by atoms with Gasteiger partial charge in [-0.25, -0.2) is 0 Å². The molecule has 2 atom stereocenters. The number of nitrogens with one attached hydrogen (secondary N) is 1. The number of carbonyl (C=O) groups is 1. The third-order valence-electron chi connectivity index (χ3n) is 4.63. The molecule has 1 aliphatic rings. The van der Waals surface area contributed by atoms with Crippen molar-refractivity contribution in [1.29, 1.82) is 0 Å². The second kappa shape index (κ2) is 8.79. The molecule has 1 heterocycles. The van der Waals surface area contributed by atoms with E-state index in [0.29, 0.717) is 26.3 Å². The van der Waals surface area contributed by atoms with Crippen LogP contribution >= 0.6 is 0 Å². The molecule has 3 rings (SSSR count). The molecular formula is C21H26N2O2. The van der Waals surface area contributed by atoms with Crippen molar-refractivity contribution in [2.24, 2.45) is 0 Å². The smallest absolute Gasteiger partial charge is 0.239 e. The molecule has 4 nitrogen and oxygen atoms in total. The molecule has 1 aliphatic heterocycles. The second-order valence-electron chi connectivity index (χ2n) is 6.48. The molecule has 1 amide bonds. The topological polar surface area (TPSA) is 41.6 Å². The van der Waals surface area contributed by atoms with E-state index in [1.165, 1.54) is 11.1 Å². The van der Waals surface area contributed by atoms with E-state index in [0.717, 1.165) is 6.42 Å². The van der Waals surface area contributed by atoms with Gasteiger partial charge in [0, 0.05) is 19.1 Å². The number of morpholine rings is 1. The summed E-state index contributed by atoms with van der Waals surface area (Å²) >= 11 is 0. The number of carbonyl (C=O) groups excluding carboxylic acids is 1. The first-order valence-electron chi connectivity index (χ1n) is 8.95. The summed E-state index contributed by atoms with van der Waals surface area (Å²) in [6, 6.07) is 20.6. The number of benzene rings is 2. The van der Waals surface area contributed by atoms with E-state index >= 15 is 0 Å². The zero-order valence-corrected chi connectivity index (χ0v) is 14.7. The van der Waals surface area contributed by atoms with Crippen LogP contribution in [0, 0.1) is 0 Å². The van der Waals surface area contributed by atoms with Crippen LogP contribution < -0.4 is 5.32 Å². The molecule has 1 saturated heterocycles. The number of hydrogen-bond acceptors (Lipinski definition) is 3. The summed E-state index contributed by atoms with van der Waals surface area (Å²) < 4.78 is 5.34. The number of amides is 1. The predicted octanol–water partition coefficient (Wildman–Crippen LogP) is 2.81. The maximum absolute atomic E-state index is 12.7. The van der Waals surface area contributed by atoms with Gasteiger partial charge in [-0.1, -0.05) is 60.7 Å². The monoisotopic (exact) mass is 338 g/mol. The largest absolute Gasteiger partial charge is 0.378 e. The maximum Gasteiger partial charge on any atom is 0.239 e. The molecule has 0 unspecified atom stereocenters. The summed E-state index contributed by atoms with van der Waals surface area (Å²) in [7, 11) is 0. The van der Waals surface area contributed by atoms with Gasteiger partial charge in [0.2, 0.25) is 5.91 Å². The van der Waals surface area contributed by atoms with Crippen molar-refractivity contribution in [2.75, 3.05) is 26.3 Å². The van der Waals surface area contributed by atoms with Crippen molar-refractivity contribution in [3.8, 4) is 0 Å². The molecular weight excluding hydrogens is 312 g/mol. The van der Waals surface area contributed by atoms with E-state index in [1.54, 1.807) is 0 Å². The SMILES string of the molecule is C[C@H](N[C@H](Cc1ccccc1)c1ccccc1)C(=O)N1CCOCC1. The van der Waals surface area contributed by atoms with E-state index in [1.807, 2.05) is 36.1 Å². The number of ether oxygens (including phenoxy) is 1. The van der Waals surface area contributed by atoms with Crippen LogP contribution in [0.25, 0.3) is 0 Å². The van der Waals surface area contributed by atoms with Crippen LogP contribution in [0.2, 0.25) is 0 Å². The fourth-order valence-corrected chi connectivity index (χ4v) is 3.24. The van der Waals surface area contributed by atoms with E-state index in [4.69, 9.17) is 4.74 Å². The Balaban J connectivity index is 1.71. The fourth-order valence-electron chi connectivity index (χ4n) is 3.24. The summed E-state index contributed by atoms with van der Waals surface area (Å²) in [5, 5.41) is 3.55. The molecule has 0 aromatic heterocycles. The Kier molecular flexibility index (Phi) is 6.20. The highest BCUT2D eigenvalue weighted by atomic mass is 16.5. The Morgan fingerprint density at radius 1 is 1.04 bits per heavy atom. The molecule has 0 radical (unpaired) electrons. The molecule has 2 aromatic rings. The lowest BCUT2D eigenvalue weighted by atomic mass is 9.98. The van der Waals surface area contributed by atoms with Crippen molar-refractivity contribution in [1.82, 2.24) is 10.2 Å². The summed E-state index contributed by atoms with van der Waals surface area (Å²) in [6.07, 6.45) is 0.853. The molecule has 4 heteroatoms. The van der Waals surface area contributed by atoms with E-state index in [2.05, 4.69) is 41.7 Å². The lowest BCUT2D eigenvalue weighted by Gasteiger charge is -2.31. The van der Waals surface area contributed by atoms with Crippen LogP contribution in [0.15, 0.2) is 60.7 Å². The van der Waals surface area contributed by atoms with E-state index in [9.17, 15) is 4.79 Å². The zero-order valence-electron chi connectivity index (χ0n) is 14.7. The molecule has 132 valence electrons. The maximum atomic E-state index is 12.7.